The minimum Gasteiger partial charge on any atom is -0.508 e. The van der Waals surface area contributed by atoms with Crippen molar-refractivity contribution in [3.05, 3.63) is 29.8 Å². The predicted octanol–water partition coefficient (Wildman–Crippen LogP) is 6.53. The Morgan fingerprint density at radius 1 is 0.643 bits per heavy atom. The summed E-state index contributed by atoms with van der Waals surface area (Å²) >= 11 is 0. The molecule has 0 aromatic heterocycles. The van der Waals surface area contributed by atoms with E-state index in [2.05, 4.69) is 6.92 Å². The van der Waals surface area contributed by atoms with Crippen molar-refractivity contribution in [1.29, 1.82) is 0 Å². The maximum atomic E-state index is 10.1. The maximum Gasteiger partial charge on any atom is 0.115 e. The number of phenols is 1. The average Bonchev–Trinajstić information content (AvgIpc) is 2.68. The molecule has 2 unspecified atom stereocenters. The summed E-state index contributed by atoms with van der Waals surface area (Å²) in [4.78, 5) is 0. The Morgan fingerprint density at radius 3 is 1.64 bits per heavy atom. The molecule has 0 bridgehead atoms. The van der Waals surface area contributed by atoms with Crippen LogP contribution in [-0.2, 0) is 6.42 Å². The van der Waals surface area contributed by atoms with E-state index in [1.54, 1.807) is 12.1 Å². The number of hydrogen-bond donors (Lipinski definition) is 3. The molecular formula is C25H44O3. The Hall–Kier alpha value is -1.06. The van der Waals surface area contributed by atoms with Gasteiger partial charge in [0, 0.05) is 0 Å². The van der Waals surface area contributed by atoms with E-state index >= 15 is 0 Å². The van der Waals surface area contributed by atoms with Crippen LogP contribution in [0.4, 0.5) is 0 Å². The molecule has 0 fully saturated rings. The van der Waals surface area contributed by atoms with Crippen LogP contribution in [-0.4, -0.2) is 27.5 Å². The van der Waals surface area contributed by atoms with Gasteiger partial charge in [-0.15, -0.1) is 0 Å². The standard InChI is InChI=1S/C25H44O3/c1-2-3-4-5-6-7-8-9-10-11-12-13-14-24(27)21-25(28)20-17-22-15-18-23(26)19-16-22/h15-16,18-19,24-28H,2-14,17,20-21H2,1H3. The summed E-state index contributed by atoms with van der Waals surface area (Å²) in [5.74, 6) is 0.266. The molecule has 2 atom stereocenters. The Morgan fingerprint density at radius 2 is 1.11 bits per heavy atom. The average molecular weight is 393 g/mol. The number of aryl methyl sites for hydroxylation is 1. The Bertz CT molecular complexity index is 457. The van der Waals surface area contributed by atoms with Crippen LogP contribution < -0.4 is 0 Å². The van der Waals surface area contributed by atoms with Crippen molar-refractivity contribution in [2.24, 2.45) is 0 Å². The largest absolute Gasteiger partial charge is 0.508 e. The molecule has 0 spiro atoms. The van der Waals surface area contributed by atoms with Gasteiger partial charge in [0.2, 0.25) is 0 Å². The topological polar surface area (TPSA) is 60.7 Å². The van der Waals surface area contributed by atoms with Crippen molar-refractivity contribution >= 4 is 0 Å². The van der Waals surface area contributed by atoms with E-state index in [1.807, 2.05) is 12.1 Å². The molecule has 1 rings (SSSR count). The zero-order chi connectivity index (χ0) is 20.5. The van der Waals surface area contributed by atoms with Crippen LogP contribution in [0, 0.1) is 0 Å². The SMILES string of the molecule is CCCCCCCCCCCCCCC(O)CC(O)CCc1ccc(O)cc1. The molecule has 3 nitrogen and oxygen atoms in total. The molecule has 0 aliphatic carbocycles. The van der Waals surface area contributed by atoms with Crippen molar-refractivity contribution < 1.29 is 15.3 Å². The van der Waals surface area contributed by atoms with E-state index in [-0.39, 0.29) is 5.75 Å². The Labute approximate surface area is 173 Å². The van der Waals surface area contributed by atoms with Crippen LogP contribution in [0.3, 0.4) is 0 Å². The quantitative estimate of drug-likeness (QED) is 0.249. The molecular weight excluding hydrogens is 348 g/mol. The minimum absolute atomic E-state index is 0.266. The van der Waals surface area contributed by atoms with E-state index < -0.39 is 12.2 Å². The van der Waals surface area contributed by atoms with Gasteiger partial charge in [-0.25, -0.2) is 0 Å². The Balaban J connectivity index is 1.90. The second-order valence-corrected chi connectivity index (χ2v) is 8.43. The molecule has 162 valence electrons. The van der Waals surface area contributed by atoms with E-state index in [4.69, 9.17) is 0 Å². The summed E-state index contributed by atoms with van der Waals surface area (Å²) in [6, 6.07) is 7.10. The van der Waals surface area contributed by atoms with Gasteiger partial charge in [-0.3, -0.25) is 0 Å². The van der Waals surface area contributed by atoms with Crippen molar-refractivity contribution in [2.75, 3.05) is 0 Å². The molecule has 0 heterocycles. The molecule has 0 amide bonds. The van der Waals surface area contributed by atoms with Gasteiger partial charge >= 0.3 is 0 Å². The van der Waals surface area contributed by atoms with Crippen molar-refractivity contribution in [1.82, 2.24) is 0 Å². The number of hydrogen-bond acceptors (Lipinski definition) is 3. The smallest absolute Gasteiger partial charge is 0.115 e. The summed E-state index contributed by atoms with van der Waals surface area (Å²) in [5, 5.41) is 29.5. The highest BCUT2D eigenvalue weighted by Crippen LogP contribution is 2.16. The normalized spacial score (nSPS) is 13.5. The van der Waals surface area contributed by atoms with Crippen molar-refractivity contribution in [3.8, 4) is 5.75 Å². The second kappa shape index (κ2) is 16.9. The molecule has 0 aliphatic rings. The van der Waals surface area contributed by atoms with Gasteiger partial charge in [-0.2, -0.15) is 0 Å². The van der Waals surface area contributed by atoms with E-state index in [9.17, 15) is 15.3 Å². The molecule has 1 aromatic carbocycles. The Kier molecular flexibility index (Phi) is 15.0. The summed E-state index contributed by atoms with van der Waals surface area (Å²) in [5.41, 5.74) is 1.10. The summed E-state index contributed by atoms with van der Waals surface area (Å²) in [6.45, 7) is 2.26. The second-order valence-electron chi connectivity index (χ2n) is 8.43. The first-order valence-corrected chi connectivity index (χ1v) is 11.8. The number of phenolic OH excluding ortho intramolecular Hbond substituents is 1. The number of rotatable bonds is 18. The number of aliphatic hydroxyl groups is 2. The zero-order valence-corrected chi connectivity index (χ0v) is 18.1. The fourth-order valence-corrected chi connectivity index (χ4v) is 3.77. The van der Waals surface area contributed by atoms with Crippen LogP contribution >= 0.6 is 0 Å². The number of unbranched alkanes of at least 4 members (excludes halogenated alkanes) is 11. The van der Waals surface area contributed by atoms with Gasteiger partial charge in [0.15, 0.2) is 0 Å². The summed E-state index contributed by atoms with van der Waals surface area (Å²) in [7, 11) is 0. The van der Waals surface area contributed by atoms with E-state index in [0.29, 0.717) is 12.8 Å². The van der Waals surface area contributed by atoms with Crippen molar-refractivity contribution in [3.63, 3.8) is 0 Å². The lowest BCUT2D eigenvalue weighted by molar-refractivity contribution is 0.0697. The van der Waals surface area contributed by atoms with Crippen molar-refractivity contribution in [2.45, 2.75) is 122 Å². The fraction of sp³-hybridized carbons (Fsp3) is 0.760. The lowest BCUT2D eigenvalue weighted by atomic mass is 9.99. The number of aromatic hydroxyl groups is 1. The van der Waals surface area contributed by atoms with Crippen LogP contribution in [0.1, 0.15) is 109 Å². The molecule has 0 saturated heterocycles. The summed E-state index contributed by atoms with van der Waals surface area (Å²) < 4.78 is 0. The van der Waals surface area contributed by atoms with Gasteiger partial charge in [-0.1, -0.05) is 96.1 Å². The van der Waals surface area contributed by atoms with Gasteiger partial charge in [0.25, 0.3) is 0 Å². The predicted molar refractivity (Wildman–Crippen MR) is 119 cm³/mol. The molecule has 3 heteroatoms. The van der Waals surface area contributed by atoms with E-state index in [0.717, 1.165) is 24.8 Å². The highest BCUT2D eigenvalue weighted by molar-refractivity contribution is 5.25. The van der Waals surface area contributed by atoms with Crippen LogP contribution in [0.5, 0.6) is 5.75 Å². The first kappa shape index (κ1) is 25.0. The van der Waals surface area contributed by atoms with Crippen LogP contribution in [0.25, 0.3) is 0 Å². The van der Waals surface area contributed by atoms with Crippen LogP contribution in [0.15, 0.2) is 24.3 Å². The third-order valence-corrected chi connectivity index (χ3v) is 5.64. The molecule has 0 saturated carbocycles. The lowest BCUT2D eigenvalue weighted by Crippen LogP contribution is -2.18. The molecule has 0 radical (unpaired) electrons. The maximum absolute atomic E-state index is 10.1. The summed E-state index contributed by atoms with van der Waals surface area (Å²) in [6.07, 6.45) is 17.7. The molecule has 0 aliphatic heterocycles. The van der Waals surface area contributed by atoms with E-state index in [1.165, 1.54) is 70.6 Å². The first-order chi connectivity index (χ1) is 13.6. The first-order valence-electron chi connectivity index (χ1n) is 11.8. The highest BCUT2D eigenvalue weighted by atomic mass is 16.3. The number of aliphatic hydroxyl groups excluding tert-OH is 2. The fourth-order valence-electron chi connectivity index (χ4n) is 3.77. The highest BCUT2D eigenvalue weighted by Gasteiger charge is 2.12. The lowest BCUT2D eigenvalue weighted by Gasteiger charge is -2.15. The molecule has 28 heavy (non-hydrogen) atoms. The number of benzene rings is 1. The molecule has 1 aromatic rings. The van der Waals surface area contributed by atoms with Crippen LogP contribution in [0.2, 0.25) is 0 Å². The molecule has 3 N–H and O–H groups in total. The third-order valence-electron chi connectivity index (χ3n) is 5.64. The van der Waals surface area contributed by atoms with Gasteiger partial charge in [-0.05, 0) is 43.4 Å². The van der Waals surface area contributed by atoms with Gasteiger partial charge in [0.05, 0.1) is 12.2 Å². The monoisotopic (exact) mass is 392 g/mol. The van der Waals surface area contributed by atoms with Gasteiger partial charge < -0.3 is 15.3 Å². The minimum atomic E-state index is -0.457. The third kappa shape index (κ3) is 14.0. The zero-order valence-electron chi connectivity index (χ0n) is 18.1. The van der Waals surface area contributed by atoms with Gasteiger partial charge in [0.1, 0.15) is 5.75 Å².